The highest BCUT2D eigenvalue weighted by atomic mass is 16.2. The summed E-state index contributed by atoms with van der Waals surface area (Å²) in [5, 5.41) is 3.06. The fourth-order valence-electron chi connectivity index (χ4n) is 4.46. The number of nitrogens with one attached hydrogen (secondary N) is 1. The van der Waals surface area contributed by atoms with Gasteiger partial charge in [0.25, 0.3) is 11.5 Å². The molecule has 4 rings (SSSR count). The van der Waals surface area contributed by atoms with Crippen molar-refractivity contribution < 1.29 is 14.4 Å². The molecule has 0 saturated carbocycles. The number of aromatic nitrogens is 1. The number of ketones is 1. The van der Waals surface area contributed by atoms with Crippen molar-refractivity contribution in [1.29, 1.82) is 0 Å². The Balaban J connectivity index is 1.46. The predicted octanol–water partition coefficient (Wildman–Crippen LogP) is 3.39. The molecule has 3 aromatic rings. The van der Waals surface area contributed by atoms with Crippen molar-refractivity contribution >= 4 is 17.6 Å². The molecule has 1 fully saturated rings. The number of nitrogens with zero attached hydrogens (tertiary/aromatic N) is 2. The minimum Gasteiger partial charge on any atom is -0.349 e. The molecule has 0 bridgehead atoms. The number of amides is 2. The van der Waals surface area contributed by atoms with Crippen LogP contribution in [0.15, 0.2) is 89.9 Å². The molecule has 7 heteroatoms. The van der Waals surface area contributed by atoms with E-state index >= 15 is 0 Å². The molecule has 2 amide bonds. The van der Waals surface area contributed by atoms with Crippen LogP contribution in [0, 0.1) is 5.92 Å². The van der Waals surface area contributed by atoms with E-state index in [4.69, 9.17) is 0 Å². The molecule has 7 nitrogen and oxygen atoms in total. The minimum absolute atomic E-state index is 0.0374. The summed E-state index contributed by atoms with van der Waals surface area (Å²) in [4.78, 5) is 53.9. The van der Waals surface area contributed by atoms with E-state index in [0.29, 0.717) is 31.5 Å². The number of piperidine rings is 1. The Morgan fingerprint density at radius 2 is 1.46 bits per heavy atom. The number of rotatable bonds is 7. The maximum Gasteiger partial charge on any atom is 0.253 e. The highest BCUT2D eigenvalue weighted by molar-refractivity contribution is 6.11. The van der Waals surface area contributed by atoms with E-state index < -0.39 is 23.3 Å². The molecule has 1 aliphatic heterocycles. The van der Waals surface area contributed by atoms with Gasteiger partial charge in [-0.3, -0.25) is 23.7 Å². The van der Waals surface area contributed by atoms with Gasteiger partial charge in [0, 0.05) is 36.8 Å². The van der Waals surface area contributed by atoms with E-state index in [-0.39, 0.29) is 17.9 Å². The highest BCUT2D eigenvalue weighted by Gasteiger charge is 2.36. The van der Waals surface area contributed by atoms with Crippen molar-refractivity contribution in [1.82, 2.24) is 14.8 Å². The molecule has 2 atom stereocenters. The Labute approximate surface area is 204 Å². The number of Topliss-reactive ketones (excluding diaryl/α,β-unsaturated/α-hetero) is 1. The zero-order valence-electron chi connectivity index (χ0n) is 19.7. The number of likely N-dealkylation sites (tertiary alicyclic amines) is 1. The zero-order valence-corrected chi connectivity index (χ0v) is 19.7. The fraction of sp³-hybridized carbons (Fsp3) is 0.286. The summed E-state index contributed by atoms with van der Waals surface area (Å²) in [5.74, 6) is -1.11. The second-order valence-electron chi connectivity index (χ2n) is 8.82. The molecule has 180 valence electrons. The highest BCUT2D eigenvalue weighted by Crippen LogP contribution is 2.23. The van der Waals surface area contributed by atoms with Gasteiger partial charge in [-0.15, -0.1) is 0 Å². The summed E-state index contributed by atoms with van der Waals surface area (Å²) in [6.45, 7) is 2.64. The van der Waals surface area contributed by atoms with Gasteiger partial charge in [-0.05, 0) is 31.4 Å². The molecule has 0 aliphatic carbocycles. The van der Waals surface area contributed by atoms with Crippen molar-refractivity contribution in [3.8, 4) is 0 Å². The van der Waals surface area contributed by atoms with Crippen LogP contribution in [-0.4, -0.2) is 40.2 Å². The van der Waals surface area contributed by atoms with Gasteiger partial charge in [-0.1, -0.05) is 66.7 Å². The number of hydrogen-bond acceptors (Lipinski definition) is 4. The summed E-state index contributed by atoms with van der Waals surface area (Å²) in [5.41, 5.74) is 0.981. The number of pyridine rings is 1. The van der Waals surface area contributed by atoms with Crippen LogP contribution in [0.2, 0.25) is 0 Å². The zero-order chi connectivity index (χ0) is 24.8. The second-order valence-corrected chi connectivity index (χ2v) is 8.82. The summed E-state index contributed by atoms with van der Waals surface area (Å²) < 4.78 is 1.19. The van der Waals surface area contributed by atoms with Gasteiger partial charge in [0.2, 0.25) is 5.91 Å². The third kappa shape index (κ3) is 5.57. The molecule has 2 aromatic carbocycles. The third-order valence-corrected chi connectivity index (χ3v) is 6.51. The Hall–Kier alpha value is -4.00. The van der Waals surface area contributed by atoms with E-state index in [1.165, 1.54) is 16.8 Å². The van der Waals surface area contributed by atoms with Crippen LogP contribution in [0.3, 0.4) is 0 Å². The summed E-state index contributed by atoms with van der Waals surface area (Å²) in [6, 6.07) is 21.4. The average molecular weight is 472 g/mol. The minimum atomic E-state index is -1.28. The summed E-state index contributed by atoms with van der Waals surface area (Å²) in [7, 11) is 0. The van der Waals surface area contributed by atoms with Gasteiger partial charge in [0.05, 0.1) is 6.04 Å². The van der Waals surface area contributed by atoms with E-state index in [1.54, 1.807) is 47.4 Å². The lowest BCUT2D eigenvalue weighted by Crippen LogP contribution is -2.48. The monoisotopic (exact) mass is 471 g/mol. The second kappa shape index (κ2) is 11.0. The first kappa shape index (κ1) is 24.1. The largest absolute Gasteiger partial charge is 0.349 e. The number of carbonyl (C=O) groups excluding carboxylic acids is 3. The smallest absolute Gasteiger partial charge is 0.253 e. The maximum atomic E-state index is 13.5. The van der Waals surface area contributed by atoms with Crippen LogP contribution in [0.5, 0.6) is 0 Å². The van der Waals surface area contributed by atoms with E-state index in [1.807, 2.05) is 37.3 Å². The summed E-state index contributed by atoms with van der Waals surface area (Å²) >= 11 is 0. The van der Waals surface area contributed by atoms with Crippen LogP contribution in [0.25, 0.3) is 0 Å². The predicted molar refractivity (Wildman–Crippen MR) is 133 cm³/mol. The molecule has 1 N–H and O–H groups in total. The Bertz CT molecular complexity index is 1230. The van der Waals surface area contributed by atoms with Gasteiger partial charge in [0.1, 0.15) is 0 Å². The lowest BCUT2D eigenvalue weighted by molar-refractivity contribution is -0.137. The maximum absolute atomic E-state index is 13.5. The van der Waals surface area contributed by atoms with Gasteiger partial charge in [-0.2, -0.15) is 0 Å². The molecule has 2 heterocycles. The Kier molecular flexibility index (Phi) is 7.55. The van der Waals surface area contributed by atoms with Gasteiger partial charge in [-0.25, -0.2) is 0 Å². The first-order valence-electron chi connectivity index (χ1n) is 11.9. The average Bonchev–Trinajstić information content (AvgIpc) is 2.90. The van der Waals surface area contributed by atoms with E-state index in [0.717, 1.165) is 5.56 Å². The fourth-order valence-corrected chi connectivity index (χ4v) is 4.46. The Morgan fingerprint density at radius 3 is 2.09 bits per heavy atom. The standard InChI is InChI=1S/C28H29N3O4/c1-20(21-10-4-2-5-11-21)29-27(34)23-15-18-30(19-16-23)28(35)25(31-17-9-8-14-24(31)32)26(33)22-12-6-3-7-13-22/h2-14,17,20,23,25H,15-16,18-19H2,1H3,(H,29,34). The molecule has 35 heavy (non-hydrogen) atoms. The lowest BCUT2D eigenvalue weighted by atomic mass is 9.94. The molecule has 0 spiro atoms. The van der Waals surface area contributed by atoms with Crippen molar-refractivity contribution in [3.05, 3.63) is 107 Å². The van der Waals surface area contributed by atoms with E-state index in [2.05, 4.69) is 5.32 Å². The van der Waals surface area contributed by atoms with Gasteiger partial charge < -0.3 is 10.2 Å². The van der Waals surface area contributed by atoms with Crippen LogP contribution < -0.4 is 10.9 Å². The molecule has 1 saturated heterocycles. The summed E-state index contributed by atoms with van der Waals surface area (Å²) in [6.07, 6.45) is 2.46. The van der Waals surface area contributed by atoms with Gasteiger partial charge >= 0.3 is 0 Å². The van der Waals surface area contributed by atoms with Gasteiger partial charge in [0.15, 0.2) is 11.8 Å². The first-order chi connectivity index (χ1) is 17.0. The third-order valence-electron chi connectivity index (χ3n) is 6.51. The number of benzene rings is 2. The van der Waals surface area contributed by atoms with Crippen LogP contribution in [0.1, 0.15) is 47.8 Å². The lowest BCUT2D eigenvalue weighted by Gasteiger charge is -2.34. The molecule has 0 radical (unpaired) electrons. The molecule has 1 aromatic heterocycles. The van der Waals surface area contributed by atoms with Crippen LogP contribution in [-0.2, 0) is 9.59 Å². The molecule has 2 unspecified atom stereocenters. The topological polar surface area (TPSA) is 88.5 Å². The van der Waals surface area contributed by atoms with Crippen molar-refractivity contribution in [2.24, 2.45) is 5.92 Å². The van der Waals surface area contributed by atoms with Crippen molar-refractivity contribution in [2.75, 3.05) is 13.1 Å². The number of hydrogen-bond donors (Lipinski definition) is 1. The first-order valence-corrected chi connectivity index (χ1v) is 11.9. The quantitative estimate of drug-likeness (QED) is 0.423. The molecule has 1 aliphatic rings. The Morgan fingerprint density at radius 1 is 0.857 bits per heavy atom. The van der Waals surface area contributed by atoms with Crippen molar-refractivity contribution in [2.45, 2.75) is 31.8 Å². The normalized spacial score (nSPS) is 15.7. The SMILES string of the molecule is CC(NC(=O)C1CCN(C(=O)C(C(=O)c2ccccc2)n2ccccc2=O)CC1)c1ccccc1. The van der Waals surface area contributed by atoms with E-state index in [9.17, 15) is 19.2 Å². The number of carbonyl (C=O) groups is 3. The van der Waals surface area contributed by atoms with Crippen molar-refractivity contribution in [3.63, 3.8) is 0 Å². The van der Waals surface area contributed by atoms with Crippen LogP contribution >= 0.6 is 0 Å². The molecular formula is C28H29N3O4. The van der Waals surface area contributed by atoms with Crippen LogP contribution in [0.4, 0.5) is 0 Å². The molecular weight excluding hydrogens is 442 g/mol.